The molecule has 29 heavy (non-hydrogen) atoms. The molecule has 3 aromatic rings. The lowest BCUT2D eigenvalue weighted by molar-refractivity contribution is 0.660. The van der Waals surface area contributed by atoms with Gasteiger partial charge in [-0.1, -0.05) is 80.6 Å². The summed E-state index contributed by atoms with van der Waals surface area (Å²) in [7, 11) is 0. The minimum Gasteiger partial charge on any atom is -0.359 e. The van der Waals surface area contributed by atoms with Crippen molar-refractivity contribution in [1.29, 1.82) is 0 Å². The molecule has 2 aliphatic carbocycles. The van der Waals surface area contributed by atoms with Crippen molar-refractivity contribution >= 4 is 11.3 Å². The molecule has 0 amide bonds. The molecule has 0 spiro atoms. The van der Waals surface area contributed by atoms with Crippen LogP contribution in [0.4, 0.5) is 5.69 Å². The van der Waals surface area contributed by atoms with Crippen LogP contribution in [-0.4, -0.2) is 0 Å². The lowest BCUT2D eigenvalue weighted by Crippen LogP contribution is -2.15. The maximum Gasteiger partial charge on any atom is 0.0385 e. The number of hydrogen-bond acceptors (Lipinski definition) is 1. The molecule has 0 aliphatic heterocycles. The van der Waals surface area contributed by atoms with Crippen molar-refractivity contribution in [2.75, 3.05) is 5.32 Å². The molecule has 1 heteroatoms. The molecule has 3 aromatic carbocycles. The Morgan fingerprint density at radius 3 is 2.34 bits per heavy atom. The van der Waals surface area contributed by atoms with E-state index in [1.165, 1.54) is 51.2 Å². The summed E-state index contributed by atoms with van der Waals surface area (Å²) in [5, 5.41) is 3.70. The highest BCUT2D eigenvalue weighted by Crippen LogP contribution is 2.49. The van der Waals surface area contributed by atoms with E-state index in [1.54, 1.807) is 0 Å². The van der Waals surface area contributed by atoms with Gasteiger partial charge in [-0.05, 0) is 70.9 Å². The lowest BCUT2D eigenvalue weighted by atomic mass is 9.82. The molecule has 144 valence electrons. The standard InChI is InChI=1S/C28H27N/c1-28(2)26-14-7-6-13-24(26)25-18-17-23(19-27(25)28)29-22-12-8-11-21(15-16-22)20-9-4-3-5-10-20/h3-7,9-10,13-19,29H,8,11-12H2,1-2H3. The largest absolute Gasteiger partial charge is 0.359 e. The second kappa shape index (κ2) is 7.08. The molecule has 2 aliphatic rings. The second-order valence-electron chi connectivity index (χ2n) is 8.66. The third-order valence-electron chi connectivity index (χ3n) is 6.41. The number of benzene rings is 3. The summed E-state index contributed by atoms with van der Waals surface area (Å²) in [4.78, 5) is 0. The molecule has 1 N–H and O–H groups in total. The SMILES string of the molecule is CC1(C)c2ccccc2-c2ccc(NC3=CC=C(c4ccccc4)CCC3)cc21. The molecule has 0 aromatic heterocycles. The predicted molar refractivity (Wildman–Crippen MR) is 124 cm³/mol. The van der Waals surface area contributed by atoms with Crippen molar-refractivity contribution in [2.24, 2.45) is 0 Å². The molecule has 0 saturated heterocycles. The summed E-state index contributed by atoms with van der Waals surface area (Å²) in [6, 6.07) is 26.4. The number of anilines is 1. The van der Waals surface area contributed by atoms with Crippen molar-refractivity contribution in [3.8, 4) is 11.1 Å². The summed E-state index contributed by atoms with van der Waals surface area (Å²) >= 11 is 0. The van der Waals surface area contributed by atoms with Gasteiger partial charge in [0.25, 0.3) is 0 Å². The average Bonchev–Trinajstić information content (AvgIpc) is 2.89. The van der Waals surface area contributed by atoms with E-state index in [1.807, 2.05) is 0 Å². The van der Waals surface area contributed by atoms with Gasteiger partial charge < -0.3 is 5.32 Å². The third-order valence-corrected chi connectivity index (χ3v) is 6.41. The van der Waals surface area contributed by atoms with Gasteiger partial charge in [-0.15, -0.1) is 0 Å². The van der Waals surface area contributed by atoms with Gasteiger partial charge in [-0.2, -0.15) is 0 Å². The van der Waals surface area contributed by atoms with Crippen molar-refractivity contribution in [1.82, 2.24) is 0 Å². The van der Waals surface area contributed by atoms with Gasteiger partial charge in [-0.3, -0.25) is 0 Å². The fraction of sp³-hybridized carbons (Fsp3) is 0.214. The first-order valence-electron chi connectivity index (χ1n) is 10.6. The predicted octanol–water partition coefficient (Wildman–Crippen LogP) is 7.56. The Labute approximate surface area is 173 Å². The van der Waals surface area contributed by atoms with E-state index >= 15 is 0 Å². The Morgan fingerprint density at radius 2 is 1.48 bits per heavy atom. The van der Waals surface area contributed by atoms with Gasteiger partial charge in [0.2, 0.25) is 0 Å². The van der Waals surface area contributed by atoms with E-state index in [4.69, 9.17) is 0 Å². The maximum atomic E-state index is 3.70. The van der Waals surface area contributed by atoms with Crippen LogP contribution in [0.25, 0.3) is 16.7 Å². The van der Waals surface area contributed by atoms with Crippen LogP contribution >= 0.6 is 0 Å². The maximum absolute atomic E-state index is 3.70. The zero-order chi connectivity index (χ0) is 19.8. The lowest BCUT2D eigenvalue weighted by Gasteiger charge is -2.22. The van der Waals surface area contributed by atoms with Crippen molar-refractivity contribution < 1.29 is 0 Å². The molecular weight excluding hydrogens is 350 g/mol. The van der Waals surface area contributed by atoms with E-state index in [2.05, 4.69) is 104 Å². The smallest absolute Gasteiger partial charge is 0.0385 e. The molecule has 1 nitrogen and oxygen atoms in total. The Bertz CT molecular complexity index is 1120. The van der Waals surface area contributed by atoms with Crippen LogP contribution in [0.2, 0.25) is 0 Å². The molecule has 5 rings (SSSR count). The first-order chi connectivity index (χ1) is 14.1. The Kier molecular flexibility index (Phi) is 4.39. The molecule has 0 unspecified atom stereocenters. The summed E-state index contributed by atoms with van der Waals surface area (Å²) < 4.78 is 0. The minimum atomic E-state index is 0.0435. The second-order valence-corrected chi connectivity index (χ2v) is 8.66. The van der Waals surface area contributed by atoms with Gasteiger partial charge in [0, 0.05) is 16.8 Å². The van der Waals surface area contributed by atoms with E-state index in [-0.39, 0.29) is 5.41 Å². The number of rotatable bonds is 3. The summed E-state index contributed by atoms with van der Waals surface area (Å²) in [5.74, 6) is 0. The molecule has 0 radical (unpaired) electrons. The topological polar surface area (TPSA) is 12.0 Å². The fourth-order valence-corrected chi connectivity index (χ4v) is 4.80. The van der Waals surface area contributed by atoms with Crippen LogP contribution < -0.4 is 5.32 Å². The fourth-order valence-electron chi connectivity index (χ4n) is 4.80. The van der Waals surface area contributed by atoms with E-state index in [9.17, 15) is 0 Å². The van der Waals surface area contributed by atoms with E-state index < -0.39 is 0 Å². The van der Waals surface area contributed by atoms with Crippen molar-refractivity contribution in [2.45, 2.75) is 38.5 Å². The van der Waals surface area contributed by atoms with Crippen LogP contribution in [-0.2, 0) is 5.41 Å². The summed E-state index contributed by atoms with van der Waals surface area (Å²) in [5.41, 5.74) is 10.9. The summed E-state index contributed by atoms with van der Waals surface area (Å²) in [6.07, 6.45) is 7.92. The quantitative estimate of drug-likeness (QED) is 0.496. The van der Waals surface area contributed by atoms with Crippen molar-refractivity contribution in [3.05, 3.63) is 107 Å². The number of allylic oxidation sites excluding steroid dienone is 4. The Balaban J connectivity index is 1.43. The number of hydrogen-bond donors (Lipinski definition) is 1. The zero-order valence-corrected chi connectivity index (χ0v) is 17.2. The Hall–Kier alpha value is -3.06. The summed E-state index contributed by atoms with van der Waals surface area (Å²) in [6.45, 7) is 4.67. The van der Waals surface area contributed by atoms with Crippen LogP contribution in [0.5, 0.6) is 0 Å². The van der Waals surface area contributed by atoms with Gasteiger partial charge in [-0.25, -0.2) is 0 Å². The molecule has 0 heterocycles. The van der Waals surface area contributed by atoms with E-state index in [0.717, 1.165) is 12.8 Å². The Morgan fingerprint density at radius 1 is 0.724 bits per heavy atom. The average molecular weight is 378 g/mol. The third kappa shape index (κ3) is 3.21. The van der Waals surface area contributed by atoms with Crippen LogP contribution in [0.15, 0.2) is 90.6 Å². The first kappa shape index (κ1) is 18.0. The molecule has 0 bridgehead atoms. The van der Waals surface area contributed by atoms with Crippen LogP contribution in [0.1, 0.15) is 49.8 Å². The number of nitrogens with one attached hydrogen (secondary N) is 1. The van der Waals surface area contributed by atoms with Gasteiger partial charge in [0.15, 0.2) is 0 Å². The molecule has 0 fully saturated rings. The molecule has 0 saturated carbocycles. The van der Waals surface area contributed by atoms with Gasteiger partial charge in [0.05, 0.1) is 0 Å². The van der Waals surface area contributed by atoms with Crippen molar-refractivity contribution in [3.63, 3.8) is 0 Å². The van der Waals surface area contributed by atoms with E-state index in [0.29, 0.717) is 0 Å². The highest BCUT2D eigenvalue weighted by molar-refractivity contribution is 5.82. The number of fused-ring (bicyclic) bond motifs is 3. The first-order valence-corrected chi connectivity index (χ1v) is 10.6. The molecular formula is C28H27N. The minimum absolute atomic E-state index is 0.0435. The van der Waals surface area contributed by atoms with Crippen LogP contribution in [0, 0.1) is 0 Å². The monoisotopic (exact) mass is 377 g/mol. The van der Waals surface area contributed by atoms with Crippen LogP contribution in [0.3, 0.4) is 0 Å². The normalized spacial score (nSPS) is 16.9. The zero-order valence-electron chi connectivity index (χ0n) is 17.2. The highest BCUT2D eigenvalue weighted by Gasteiger charge is 2.35. The van der Waals surface area contributed by atoms with Gasteiger partial charge in [0.1, 0.15) is 0 Å². The molecule has 0 atom stereocenters. The highest BCUT2D eigenvalue weighted by atomic mass is 14.9. The van der Waals surface area contributed by atoms with Gasteiger partial charge >= 0.3 is 0 Å².